The van der Waals surface area contributed by atoms with Gasteiger partial charge in [0, 0.05) is 26.1 Å². The van der Waals surface area contributed by atoms with E-state index in [1.807, 2.05) is 12.1 Å². The van der Waals surface area contributed by atoms with Crippen molar-refractivity contribution in [3.05, 3.63) is 59.2 Å². The fourth-order valence-electron chi connectivity index (χ4n) is 4.05. The number of aryl methyl sites for hydroxylation is 2. The summed E-state index contributed by atoms with van der Waals surface area (Å²) in [6, 6.07) is 14.9. The van der Waals surface area contributed by atoms with Crippen LogP contribution in [-0.4, -0.2) is 44.9 Å². The third kappa shape index (κ3) is 4.63. The first-order valence-electron chi connectivity index (χ1n) is 10.0. The van der Waals surface area contributed by atoms with Crippen LogP contribution in [-0.2, 0) is 17.6 Å². The Hall–Kier alpha value is -2.04. The molecule has 4 heteroatoms. The molecule has 4 nitrogen and oxygen atoms in total. The number of fused-ring (bicyclic) bond motifs is 1. The Morgan fingerprint density at radius 2 is 1.85 bits per heavy atom. The largest absolute Gasteiger partial charge is 0.497 e. The van der Waals surface area contributed by atoms with E-state index < -0.39 is 0 Å². The summed E-state index contributed by atoms with van der Waals surface area (Å²) >= 11 is 0. The molecule has 0 N–H and O–H groups in total. The minimum atomic E-state index is 0.0161. The van der Waals surface area contributed by atoms with Crippen LogP contribution in [0.5, 0.6) is 11.5 Å². The van der Waals surface area contributed by atoms with Crippen LogP contribution in [0.2, 0.25) is 0 Å². The Labute approximate surface area is 162 Å². The van der Waals surface area contributed by atoms with E-state index >= 15 is 0 Å². The van der Waals surface area contributed by atoms with Crippen LogP contribution in [0.25, 0.3) is 0 Å². The summed E-state index contributed by atoms with van der Waals surface area (Å²) in [4.78, 5) is 2.46. The SMILES string of the molecule is COc1cccc(C(CCN2CCOCC2)Oc2ccc3c(c2)CCC3)c1. The number of hydrogen-bond acceptors (Lipinski definition) is 4. The highest BCUT2D eigenvalue weighted by atomic mass is 16.5. The molecule has 1 atom stereocenters. The molecular weight excluding hydrogens is 338 g/mol. The van der Waals surface area contributed by atoms with E-state index in [0.29, 0.717) is 0 Å². The molecule has 1 unspecified atom stereocenters. The maximum atomic E-state index is 6.50. The topological polar surface area (TPSA) is 30.9 Å². The quantitative estimate of drug-likeness (QED) is 0.739. The van der Waals surface area contributed by atoms with E-state index in [-0.39, 0.29) is 6.10 Å². The first kappa shape index (κ1) is 18.3. The van der Waals surface area contributed by atoms with Crippen molar-refractivity contribution in [1.82, 2.24) is 4.90 Å². The molecule has 1 saturated heterocycles. The summed E-state index contributed by atoms with van der Waals surface area (Å²) in [7, 11) is 1.71. The lowest BCUT2D eigenvalue weighted by atomic mass is 10.0. The van der Waals surface area contributed by atoms with Gasteiger partial charge in [0.25, 0.3) is 0 Å². The van der Waals surface area contributed by atoms with Crippen molar-refractivity contribution in [2.24, 2.45) is 0 Å². The first-order valence-corrected chi connectivity index (χ1v) is 10.0. The molecule has 1 aliphatic carbocycles. The number of hydrogen-bond donors (Lipinski definition) is 0. The van der Waals surface area contributed by atoms with Gasteiger partial charge in [-0.25, -0.2) is 0 Å². The molecule has 0 saturated carbocycles. The average Bonchev–Trinajstić information content (AvgIpc) is 3.20. The molecule has 1 fully saturated rings. The Morgan fingerprint density at radius 1 is 1.00 bits per heavy atom. The van der Waals surface area contributed by atoms with E-state index in [1.165, 1.54) is 36.0 Å². The molecule has 144 valence electrons. The van der Waals surface area contributed by atoms with Gasteiger partial charge in [0.2, 0.25) is 0 Å². The van der Waals surface area contributed by atoms with Crippen molar-refractivity contribution >= 4 is 0 Å². The molecule has 0 spiro atoms. The van der Waals surface area contributed by atoms with Crippen LogP contribution in [0.4, 0.5) is 0 Å². The summed E-state index contributed by atoms with van der Waals surface area (Å²) in [6.07, 6.45) is 4.59. The molecule has 1 heterocycles. The molecule has 4 rings (SSSR count). The van der Waals surface area contributed by atoms with E-state index in [9.17, 15) is 0 Å². The van der Waals surface area contributed by atoms with Gasteiger partial charge in [-0.05, 0) is 60.2 Å². The Balaban J connectivity index is 1.51. The highest BCUT2D eigenvalue weighted by Gasteiger charge is 2.19. The van der Waals surface area contributed by atoms with Crippen LogP contribution >= 0.6 is 0 Å². The number of benzene rings is 2. The highest BCUT2D eigenvalue weighted by Crippen LogP contribution is 2.31. The van der Waals surface area contributed by atoms with Crippen LogP contribution in [0.1, 0.15) is 35.6 Å². The van der Waals surface area contributed by atoms with E-state index in [0.717, 1.165) is 50.8 Å². The van der Waals surface area contributed by atoms with Gasteiger partial charge in [-0.3, -0.25) is 4.90 Å². The number of methoxy groups -OCH3 is 1. The number of nitrogens with zero attached hydrogens (tertiary/aromatic N) is 1. The fraction of sp³-hybridized carbons (Fsp3) is 0.478. The average molecular weight is 367 g/mol. The third-order valence-electron chi connectivity index (χ3n) is 5.63. The van der Waals surface area contributed by atoms with Crippen molar-refractivity contribution in [2.75, 3.05) is 40.0 Å². The monoisotopic (exact) mass is 367 g/mol. The Bertz CT molecular complexity index is 755. The van der Waals surface area contributed by atoms with Gasteiger partial charge in [-0.15, -0.1) is 0 Å². The van der Waals surface area contributed by atoms with Gasteiger partial charge in [-0.2, -0.15) is 0 Å². The molecule has 27 heavy (non-hydrogen) atoms. The second kappa shape index (κ2) is 8.77. The Kier molecular flexibility index (Phi) is 5.95. The first-order chi connectivity index (χ1) is 13.3. The molecule has 0 amide bonds. The number of rotatable bonds is 7. The standard InChI is InChI=1S/C23H29NO3/c1-25-21-7-3-6-20(17-21)23(10-11-24-12-14-26-15-13-24)27-22-9-8-18-4-2-5-19(18)16-22/h3,6-9,16-17,23H,2,4-5,10-15H2,1H3. The highest BCUT2D eigenvalue weighted by molar-refractivity contribution is 5.39. The van der Waals surface area contributed by atoms with Gasteiger partial charge < -0.3 is 14.2 Å². The maximum absolute atomic E-state index is 6.50. The van der Waals surface area contributed by atoms with Crippen molar-refractivity contribution < 1.29 is 14.2 Å². The van der Waals surface area contributed by atoms with Crippen molar-refractivity contribution in [2.45, 2.75) is 31.8 Å². The molecule has 1 aliphatic heterocycles. The lowest BCUT2D eigenvalue weighted by molar-refractivity contribution is 0.0317. The van der Waals surface area contributed by atoms with Crippen LogP contribution in [0.15, 0.2) is 42.5 Å². The molecule has 2 aromatic rings. The summed E-state index contributed by atoms with van der Waals surface area (Å²) in [5, 5.41) is 0. The zero-order valence-corrected chi connectivity index (χ0v) is 16.2. The predicted octanol–water partition coefficient (Wildman–Crippen LogP) is 4.03. The van der Waals surface area contributed by atoms with Crippen molar-refractivity contribution in [3.63, 3.8) is 0 Å². The van der Waals surface area contributed by atoms with Crippen molar-refractivity contribution in [1.29, 1.82) is 0 Å². The van der Waals surface area contributed by atoms with Crippen LogP contribution in [0, 0.1) is 0 Å². The number of morpholine rings is 1. The predicted molar refractivity (Wildman–Crippen MR) is 107 cm³/mol. The number of ether oxygens (including phenoxy) is 3. The summed E-state index contributed by atoms with van der Waals surface area (Å²) < 4.78 is 17.4. The summed E-state index contributed by atoms with van der Waals surface area (Å²) in [5.41, 5.74) is 4.10. The van der Waals surface area contributed by atoms with E-state index in [1.54, 1.807) is 7.11 Å². The maximum Gasteiger partial charge on any atom is 0.125 e. The van der Waals surface area contributed by atoms with Crippen LogP contribution in [0.3, 0.4) is 0 Å². The molecule has 2 aliphatic rings. The molecular formula is C23H29NO3. The molecule has 0 aromatic heterocycles. The van der Waals surface area contributed by atoms with Crippen LogP contribution < -0.4 is 9.47 Å². The summed E-state index contributed by atoms with van der Waals surface area (Å²) in [6.45, 7) is 4.68. The summed E-state index contributed by atoms with van der Waals surface area (Å²) in [5.74, 6) is 1.85. The molecule has 2 aromatic carbocycles. The second-order valence-electron chi connectivity index (χ2n) is 7.41. The van der Waals surface area contributed by atoms with Gasteiger partial charge in [-0.1, -0.05) is 18.2 Å². The fourth-order valence-corrected chi connectivity index (χ4v) is 4.05. The van der Waals surface area contributed by atoms with Gasteiger partial charge >= 0.3 is 0 Å². The minimum absolute atomic E-state index is 0.0161. The molecule has 0 bridgehead atoms. The van der Waals surface area contributed by atoms with E-state index in [2.05, 4.69) is 35.2 Å². The van der Waals surface area contributed by atoms with Crippen molar-refractivity contribution in [3.8, 4) is 11.5 Å². The smallest absolute Gasteiger partial charge is 0.125 e. The lowest BCUT2D eigenvalue weighted by Crippen LogP contribution is -2.37. The van der Waals surface area contributed by atoms with E-state index in [4.69, 9.17) is 14.2 Å². The lowest BCUT2D eigenvalue weighted by Gasteiger charge is -2.29. The Morgan fingerprint density at radius 3 is 2.70 bits per heavy atom. The second-order valence-corrected chi connectivity index (χ2v) is 7.41. The molecule has 0 radical (unpaired) electrons. The minimum Gasteiger partial charge on any atom is -0.497 e. The third-order valence-corrected chi connectivity index (χ3v) is 5.63. The zero-order valence-electron chi connectivity index (χ0n) is 16.2. The van der Waals surface area contributed by atoms with Gasteiger partial charge in [0.05, 0.1) is 20.3 Å². The normalized spacial score (nSPS) is 18.1. The van der Waals surface area contributed by atoms with Gasteiger partial charge in [0.1, 0.15) is 17.6 Å². The zero-order chi connectivity index (χ0) is 18.5. The van der Waals surface area contributed by atoms with Gasteiger partial charge in [0.15, 0.2) is 0 Å².